The minimum Gasteiger partial charge on any atom is -0.334 e. The van der Waals surface area contributed by atoms with Crippen LogP contribution in [-0.2, 0) is 10.8 Å². The Morgan fingerprint density at radius 2 is 0.703 bits per heavy atom. The molecule has 4 aliphatic rings. The Bertz CT molecular complexity index is 3140. The summed E-state index contributed by atoms with van der Waals surface area (Å²) in [5, 5.41) is 10.5. The van der Waals surface area contributed by atoms with E-state index in [1.807, 2.05) is 0 Å². The van der Waals surface area contributed by atoms with Gasteiger partial charge in [-0.1, -0.05) is 161 Å². The molecular formula is C62H56N2. The molecule has 2 fully saturated rings. The Hall–Kier alpha value is -6.38. The summed E-state index contributed by atoms with van der Waals surface area (Å²) in [6, 6.07) is 65.4. The van der Waals surface area contributed by atoms with E-state index in [0.29, 0.717) is 0 Å². The first-order valence-electron chi connectivity index (χ1n) is 24.0. The summed E-state index contributed by atoms with van der Waals surface area (Å²) in [5.74, 6) is 0. The molecule has 0 aromatic heterocycles. The molecule has 4 atom stereocenters. The predicted octanol–water partition coefficient (Wildman–Crippen LogP) is 17.1. The van der Waals surface area contributed by atoms with Crippen LogP contribution in [0.15, 0.2) is 170 Å². The molecule has 64 heavy (non-hydrogen) atoms. The summed E-state index contributed by atoms with van der Waals surface area (Å²) in [5.41, 5.74) is 13.5. The Morgan fingerprint density at radius 1 is 0.344 bits per heavy atom. The number of hydrogen-bond donors (Lipinski definition) is 0. The third-order valence-electron chi connectivity index (χ3n) is 17.7. The Morgan fingerprint density at radius 3 is 1.11 bits per heavy atom. The van der Waals surface area contributed by atoms with Crippen molar-refractivity contribution in [3.63, 3.8) is 0 Å². The van der Waals surface area contributed by atoms with Crippen molar-refractivity contribution in [2.45, 2.75) is 101 Å². The lowest BCUT2D eigenvalue weighted by atomic mass is 9.61. The van der Waals surface area contributed by atoms with Crippen molar-refractivity contribution < 1.29 is 0 Å². The van der Waals surface area contributed by atoms with Crippen LogP contribution < -0.4 is 9.80 Å². The average molecular weight is 829 g/mol. The highest BCUT2D eigenvalue weighted by molar-refractivity contribution is 6.22. The average Bonchev–Trinajstić information content (AvgIpc) is 3.65. The van der Waals surface area contributed by atoms with Gasteiger partial charge in [0.1, 0.15) is 0 Å². The number of rotatable bonds is 4. The van der Waals surface area contributed by atoms with Gasteiger partial charge in [0.05, 0.1) is 11.1 Å². The Kier molecular flexibility index (Phi) is 8.08. The summed E-state index contributed by atoms with van der Waals surface area (Å²) in [6.45, 7) is 10.2. The minimum absolute atomic E-state index is 0.0440. The van der Waals surface area contributed by atoms with Crippen LogP contribution in [-0.4, -0.2) is 11.1 Å². The van der Waals surface area contributed by atoms with Gasteiger partial charge < -0.3 is 9.80 Å². The van der Waals surface area contributed by atoms with Gasteiger partial charge in [0.2, 0.25) is 0 Å². The van der Waals surface area contributed by atoms with Gasteiger partial charge in [-0.2, -0.15) is 0 Å². The molecule has 2 saturated carbocycles. The van der Waals surface area contributed by atoms with E-state index in [4.69, 9.17) is 0 Å². The van der Waals surface area contributed by atoms with Crippen LogP contribution >= 0.6 is 0 Å². The van der Waals surface area contributed by atoms with Crippen molar-refractivity contribution in [1.82, 2.24) is 0 Å². The molecule has 2 aliphatic carbocycles. The van der Waals surface area contributed by atoms with Crippen LogP contribution in [0.3, 0.4) is 0 Å². The van der Waals surface area contributed by atoms with E-state index in [2.05, 4.69) is 207 Å². The number of anilines is 4. The Balaban J connectivity index is 1.09. The highest BCUT2D eigenvalue weighted by atomic mass is 15.3. The zero-order chi connectivity index (χ0) is 43.0. The first kappa shape index (κ1) is 38.1. The van der Waals surface area contributed by atoms with Gasteiger partial charge in [0.15, 0.2) is 0 Å². The second-order valence-corrected chi connectivity index (χ2v) is 20.7. The first-order valence-corrected chi connectivity index (χ1v) is 24.0. The molecule has 9 aromatic rings. The van der Waals surface area contributed by atoms with Crippen LogP contribution in [0.25, 0.3) is 65.3 Å². The molecule has 2 heteroatoms. The predicted molar refractivity (Wildman–Crippen MR) is 273 cm³/mol. The summed E-state index contributed by atoms with van der Waals surface area (Å²) >= 11 is 0. The molecule has 2 aliphatic heterocycles. The molecule has 0 amide bonds. The quantitative estimate of drug-likeness (QED) is 0.163. The molecule has 0 radical (unpaired) electrons. The molecule has 2 nitrogen and oxygen atoms in total. The lowest BCUT2D eigenvalue weighted by Crippen LogP contribution is -2.54. The molecule has 314 valence electrons. The highest BCUT2D eigenvalue weighted by Crippen LogP contribution is 2.64. The third-order valence-corrected chi connectivity index (χ3v) is 17.7. The van der Waals surface area contributed by atoms with Gasteiger partial charge >= 0.3 is 0 Å². The highest BCUT2D eigenvalue weighted by Gasteiger charge is 2.59. The van der Waals surface area contributed by atoms with Gasteiger partial charge in [0, 0.05) is 33.6 Å². The van der Waals surface area contributed by atoms with Gasteiger partial charge in [0.25, 0.3) is 0 Å². The van der Waals surface area contributed by atoms with E-state index in [-0.39, 0.29) is 21.9 Å². The van der Waals surface area contributed by atoms with Crippen molar-refractivity contribution in [1.29, 1.82) is 0 Å². The van der Waals surface area contributed by atoms with Crippen molar-refractivity contribution in [2.75, 3.05) is 9.80 Å². The summed E-state index contributed by atoms with van der Waals surface area (Å²) in [4.78, 5) is 5.54. The number of fused-ring (bicyclic) bond motifs is 10. The smallest absolute Gasteiger partial charge is 0.0517 e. The molecule has 9 aromatic carbocycles. The van der Waals surface area contributed by atoms with E-state index in [0.717, 1.165) is 0 Å². The minimum atomic E-state index is -0.0549. The zero-order valence-electron chi connectivity index (χ0n) is 37.7. The van der Waals surface area contributed by atoms with Gasteiger partial charge in [-0.25, -0.2) is 0 Å². The van der Waals surface area contributed by atoms with Gasteiger partial charge in [-0.3, -0.25) is 0 Å². The van der Waals surface area contributed by atoms with Gasteiger partial charge in [-0.05, 0) is 165 Å². The van der Waals surface area contributed by atoms with E-state index < -0.39 is 0 Å². The largest absolute Gasteiger partial charge is 0.334 e. The number of hydrogen-bond acceptors (Lipinski definition) is 2. The second kappa shape index (κ2) is 13.6. The van der Waals surface area contributed by atoms with Crippen LogP contribution in [0.1, 0.15) is 90.2 Å². The normalized spacial score (nSPS) is 24.9. The maximum atomic E-state index is 2.77. The van der Waals surface area contributed by atoms with Crippen molar-refractivity contribution in [3.8, 4) is 22.3 Å². The molecule has 0 spiro atoms. The fourth-order valence-corrected chi connectivity index (χ4v) is 14.0. The molecule has 13 rings (SSSR count). The molecule has 0 N–H and O–H groups in total. The zero-order valence-corrected chi connectivity index (χ0v) is 37.7. The van der Waals surface area contributed by atoms with E-state index in [9.17, 15) is 0 Å². The standard InChI is InChI=1S/C62H56N2/c1-59-31-15-17-33-61(59,3)63(55-37-45-25-13-11-23-43(45)35-53(55)59)47-27-29-49-51(39-47)57(41-19-7-5-8-20-41)50-30-28-48(40-52(50)58(49)42-21-9-6-10-22-42)64-56-38-46-26-14-12-24-44(46)36-54(56)60(2)32-16-18-34-62(60,64)4/h5-14,19-30,35-40H,15-18,31-34H2,1-4H3. The van der Waals surface area contributed by atoms with E-state index in [1.54, 1.807) is 0 Å². The molecule has 0 saturated heterocycles. The van der Waals surface area contributed by atoms with Crippen molar-refractivity contribution >= 4 is 65.8 Å². The lowest BCUT2D eigenvalue weighted by molar-refractivity contribution is 0.195. The number of benzene rings is 9. The maximum absolute atomic E-state index is 2.77. The lowest BCUT2D eigenvalue weighted by Gasteiger charge is -2.50. The number of nitrogens with zero attached hydrogens (tertiary/aromatic N) is 2. The topological polar surface area (TPSA) is 6.48 Å². The van der Waals surface area contributed by atoms with Crippen molar-refractivity contribution in [3.05, 3.63) is 181 Å². The molecular weight excluding hydrogens is 773 g/mol. The monoisotopic (exact) mass is 828 g/mol. The van der Waals surface area contributed by atoms with Crippen LogP contribution in [0, 0.1) is 0 Å². The molecule has 0 bridgehead atoms. The first-order chi connectivity index (χ1) is 31.2. The molecule has 2 heterocycles. The molecule has 4 unspecified atom stereocenters. The van der Waals surface area contributed by atoms with Crippen LogP contribution in [0.2, 0.25) is 0 Å². The van der Waals surface area contributed by atoms with Crippen molar-refractivity contribution in [2.24, 2.45) is 0 Å². The SMILES string of the molecule is CC12CCCCC1(C)N(c1ccc3c(-c4ccccc4)c4cc(N5c6cc7ccccc7cc6C6(C)CCCCC56C)ccc4c(-c4ccccc4)c3c1)c1cc3ccccc3cc12. The second-order valence-electron chi connectivity index (χ2n) is 20.7. The van der Waals surface area contributed by atoms with E-state index >= 15 is 0 Å². The Labute approximate surface area is 378 Å². The van der Waals surface area contributed by atoms with Crippen LogP contribution in [0.4, 0.5) is 22.7 Å². The van der Waals surface area contributed by atoms with Gasteiger partial charge in [-0.15, -0.1) is 0 Å². The summed E-state index contributed by atoms with van der Waals surface area (Å²) in [7, 11) is 0. The fourth-order valence-electron chi connectivity index (χ4n) is 14.0. The maximum Gasteiger partial charge on any atom is 0.0517 e. The van der Waals surface area contributed by atoms with E-state index in [1.165, 1.54) is 151 Å². The summed E-state index contributed by atoms with van der Waals surface area (Å²) < 4.78 is 0. The van der Waals surface area contributed by atoms with Crippen LogP contribution in [0.5, 0.6) is 0 Å². The third kappa shape index (κ3) is 5.03. The fraction of sp³-hybridized carbons (Fsp3) is 0.258. The summed E-state index contributed by atoms with van der Waals surface area (Å²) in [6.07, 6.45) is 9.79.